The van der Waals surface area contributed by atoms with E-state index in [0.717, 1.165) is 6.42 Å². The Morgan fingerprint density at radius 1 is 1.50 bits per heavy atom. The maximum Gasteiger partial charge on any atom is 0.407 e. The van der Waals surface area contributed by atoms with E-state index in [0.29, 0.717) is 12.6 Å². The molecule has 0 saturated heterocycles. The predicted octanol–water partition coefficient (Wildman–Crippen LogP) is 1.62. The van der Waals surface area contributed by atoms with Gasteiger partial charge in [-0.25, -0.2) is 4.79 Å². The molecule has 0 spiro atoms. The SMILES string of the molecule is CNC(CCN(C)C(=O)O)C(C)(C)C. The molecule has 0 rings (SSSR count). The fourth-order valence-corrected chi connectivity index (χ4v) is 1.43. The topological polar surface area (TPSA) is 52.6 Å². The number of hydrogen-bond acceptors (Lipinski definition) is 2. The van der Waals surface area contributed by atoms with Gasteiger partial charge in [-0.3, -0.25) is 0 Å². The van der Waals surface area contributed by atoms with Crippen LogP contribution in [-0.4, -0.2) is 42.8 Å². The minimum Gasteiger partial charge on any atom is -0.465 e. The Bertz CT molecular complexity index is 187. The van der Waals surface area contributed by atoms with Crippen molar-refractivity contribution in [1.29, 1.82) is 0 Å². The Balaban J connectivity index is 4.03. The van der Waals surface area contributed by atoms with Crippen LogP contribution in [0, 0.1) is 5.41 Å². The van der Waals surface area contributed by atoms with Crippen LogP contribution in [0.5, 0.6) is 0 Å². The van der Waals surface area contributed by atoms with Crippen molar-refractivity contribution in [3.63, 3.8) is 0 Å². The summed E-state index contributed by atoms with van der Waals surface area (Å²) in [5.74, 6) is 0. The van der Waals surface area contributed by atoms with Gasteiger partial charge in [-0.1, -0.05) is 20.8 Å². The van der Waals surface area contributed by atoms with Crippen LogP contribution in [0.2, 0.25) is 0 Å². The van der Waals surface area contributed by atoms with E-state index in [2.05, 4.69) is 26.1 Å². The van der Waals surface area contributed by atoms with Crippen molar-refractivity contribution in [3.8, 4) is 0 Å². The van der Waals surface area contributed by atoms with E-state index in [1.807, 2.05) is 7.05 Å². The van der Waals surface area contributed by atoms with E-state index < -0.39 is 6.09 Å². The first kappa shape index (κ1) is 13.2. The standard InChI is InChI=1S/C10H22N2O2/c1-10(2,3)8(11-4)6-7-12(5)9(13)14/h8,11H,6-7H2,1-5H3,(H,13,14). The third-order valence-corrected chi connectivity index (χ3v) is 2.47. The van der Waals surface area contributed by atoms with Gasteiger partial charge in [0.2, 0.25) is 0 Å². The van der Waals surface area contributed by atoms with Crippen LogP contribution in [0.15, 0.2) is 0 Å². The van der Waals surface area contributed by atoms with E-state index in [-0.39, 0.29) is 5.41 Å². The average Bonchev–Trinajstić information content (AvgIpc) is 2.02. The van der Waals surface area contributed by atoms with Crippen molar-refractivity contribution in [2.75, 3.05) is 20.6 Å². The predicted molar refractivity (Wildman–Crippen MR) is 57.6 cm³/mol. The first-order chi connectivity index (χ1) is 6.29. The minimum absolute atomic E-state index is 0.161. The summed E-state index contributed by atoms with van der Waals surface area (Å²) in [5, 5.41) is 11.9. The summed E-state index contributed by atoms with van der Waals surface area (Å²) in [6.07, 6.45) is -0.0308. The molecule has 0 aliphatic rings. The zero-order valence-electron chi connectivity index (χ0n) is 9.79. The molecule has 1 atom stereocenters. The van der Waals surface area contributed by atoms with Crippen molar-refractivity contribution >= 4 is 6.09 Å². The van der Waals surface area contributed by atoms with Gasteiger partial charge < -0.3 is 15.3 Å². The van der Waals surface area contributed by atoms with E-state index in [1.165, 1.54) is 4.90 Å². The normalized spacial score (nSPS) is 13.8. The number of hydrogen-bond donors (Lipinski definition) is 2. The molecule has 14 heavy (non-hydrogen) atoms. The smallest absolute Gasteiger partial charge is 0.407 e. The van der Waals surface area contributed by atoms with Gasteiger partial charge in [0.1, 0.15) is 0 Å². The molecule has 0 bridgehead atoms. The van der Waals surface area contributed by atoms with Crippen molar-refractivity contribution in [3.05, 3.63) is 0 Å². The number of rotatable bonds is 4. The van der Waals surface area contributed by atoms with Crippen LogP contribution in [0.1, 0.15) is 27.2 Å². The summed E-state index contributed by atoms with van der Waals surface area (Å²) in [5.41, 5.74) is 0.161. The van der Waals surface area contributed by atoms with Crippen LogP contribution in [0.4, 0.5) is 4.79 Å². The molecular weight excluding hydrogens is 180 g/mol. The molecule has 4 nitrogen and oxygen atoms in total. The number of nitrogens with zero attached hydrogens (tertiary/aromatic N) is 1. The fourth-order valence-electron chi connectivity index (χ4n) is 1.43. The van der Waals surface area contributed by atoms with E-state index in [4.69, 9.17) is 5.11 Å². The molecule has 1 unspecified atom stereocenters. The van der Waals surface area contributed by atoms with Gasteiger partial charge in [0.15, 0.2) is 0 Å². The third kappa shape index (κ3) is 4.46. The van der Waals surface area contributed by atoms with Gasteiger partial charge in [0.05, 0.1) is 0 Å². The van der Waals surface area contributed by atoms with Crippen molar-refractivity contribution in [2.24, 2.45) is 5.41 Å². The number of nitrogens with one attached hydrogen (secondary N) is 1. The molecule has 0 heterocycles. The van der Waals surface area contributed by atoms with Crippen LogP contribution in [0.25, 0.3) is 0 Å². The Morgan fingerprint density at radius 2 is 2.00 bits per heavy atom. The quantitative estimate of drug-likeness (QED) is 0.728. The summed E-state index contributed by atoms with van der Waals surface area (Å²) < 4.78 is 0. The molecule has 0 aromatic rings. The summed E-state index contributed by atoms with van der Waals surface area (Å²) in [6.45, 7) is 7.01. The Morgan fingerprint density at radius 3 is 2.29 bits per heavy atom. The van der Waals surface area contributed by atoms with Crippen LogP contribution >= 0.6 is 0 Å². The molecule has 0 aromatic carbocycles. The number of carbonyl (C=O) groups is 1. The maximum atomic E-state index is 10.6. The van der Waals surface area contributed by atoms with Crippen LogP contribution < -0.4 is 5.32 Å². The monoisotopic (exact) mass is 202 g/mol. The molecule has 84 valence electrons. The lowest BCUT2D eigenvalue weighted by atomic mass is 9.85. The second-order valence-electron chi connectivity index (χ2n) is 4.70. The molecule has 0 aliphatic carbocycles. The molecule has 4 heteroatoms. The van der Waals surface area contributed by atoms with E-state index in [1.54, 1.807) is 7.05 Å². The molecule has 0 aromatic heterocycles. The fraction of sp³-hybridized carbons (Fsp3) is 0.900. The molecule has 0 aliphatic heterocycles. The van der Waals surface area contributed by atoms with Gasteiger partial charge in [0, 0.05) is 19.6 Å². The van der Waals surface area contributed by atoms with Gasteiger partial charge in [0.25, 0.3) is 0 Å². The molecule has 0 radical (unpaired) electrons. The van der Waals surface area contributed by atoms with Gasteiger partial charge in [-0.2, -0.15) is 0 Å². The minimum atomic E-state index is -0.867. The summed E-state index contributed by atoms with van der Waals surface area (Å²) in [7, 11) is 3.51. The lowest BCUT2D eigenvalue weighted by molar-refractivity contribution is 0.149. The van der Waals surface area contributed by atoms with Crippen LogP contribution in [0.3, 0.4) is 0 Å². The second-order valence-corrected chi connectivity index (χ2v) is 4.70. The average molecular weight is 202 g/mol. The zero-order valence-corrected chi connectivity index (χ0v) is 9.79. The first-order valence-electron chi connectivity index (χ1n) is 4.90. The largest absolute Gasteiger partial charge is 0.465 e. The van der Waals surface area contributed by atoms with Crippen molar-refractivity contribution in [1.82, 2.24) is 10.2 Å². The highest BCUT2D eigenvalue weighted by Gasteiger charge is 2.23. The summed E-state index contributed by atoms with van der Waals surface area (Å²) in [6, 6.07) is 0.337. The molecule has 2 N–H and O–H groups in total. The highest BCUT2D eigenvalue weighted by Crippen LogP contribution is 2.21. The van der Waals surface area contributed by atoms with Crippen molar-refractivity contribution < 1.29 is 9.90 Å². The Hall–Kier alpha value is -0.770. The Kier molecular flexibility index (Phi) is 4.91. The Labute approximate surface area is 86.3 Å². The van der Waals surface area contributed by atoms with Crippen LogP contribution in [-0.2, 0) is 0 Å². The lowest BCUT2D eigenvalue weighted by Crippen LogP contribution is -2.41. The van der Waals surface area contributed by atoms with Gasteiger partial charge in [-0.15, -0.1) is 0 Å². The molecule has 1 amide bonds. The highest BCUT2D eigenvalue weighted by molar-refractivity contribution is 5.64. The first-order valence-corrected chi connectivity index (χ1v) is 4.90. The van der Waals surface area contributed by atoms with Gasteiger partial charge in [-0.05, 0) is 18.9 Å². The van der Waals surface area contributed by atoms with E-state index >= 15 is 0 Å². The second kappa shape index (κ2) is 5.20. The maximum absolute atomic E-state index is 10.6. The molecular formula is C10H22N2O2. The molecule has 0 saturated carbocycles. The summed E-state index contributed by atoms with van der Waals surface area (Å²) in [4.78, 5) is 11.9. The lowest BCUT2D eigenvalue weighted by Gasteiger charge is -2.31. The highest BCUT2D eigenvalue weighted by atomic mass is 16.4. The zero-order chi connectivity index (χ0) is 11.4. The molecule has 0 fully saturated rings. The van der Waals surface area contributed by atoms with E-state index in [9.17, 15) is 4.79 Å². The number of amides is 1. The van der Waals surface area contributed by atoms with Crippen molar-refractivity contribution in [2.45, 2.75) is 33.2 Å². The van der Waals surface area contributed by atoms with Gasteiger partial charge >= 0.3 is 6.09 Å². The summed E-state index contributed by atoms with van der Waals surface area (Å²) >= 11 is 0. The third-order valence-electron chi connectivity index (χ3n) is 2.47. The number of carboxylic acid groups (broad SMARTS) is 1.